The van der Waals surface area contributed by atoms with Crippen LogP contribution in [-0.4, -0.2) is 50.8 Å². The van der Waals surface area contributed by atoms with Gasteiger partial charge >= 0.3 is 5.69 Å². The van der Waals surface area contributed by atoms with Crippen molar-refractivity contribution in [3.8, 4) is 5.69 Å². The van der Waals surface area contributed by atoms with Crippen molar-refractivity contribution in [1.82, 2.24) is 24.5 Å². The summed E-state index contributed by atoms with van der Waals surface area (Å²) in [7, 11) is 0. The zero-order valence-corrected chi connectivity index (χ0v) is 12.2. The van der Waals surface area contributed by atoms with E-state index in [9.17, 15) is 9.59 Å². The van der Waals surface area contributed by atoms with Crippen LogP contribution < -0.4 is 16.1 Å². The number of aromatic nitrogens is 5. The van der Waals surface area contributed by atoms with Crippen LogP contribution in [-0.2, 0) is 4.74 Å². The lowest BCUT2D eigenvalue weighted by molar-refractivity contribution is 0.122. The van der Waals surface area contributed by atoms with Crippen LogP contribution in [0.3, 0.4) is 0 Å². The van der Waals surface area contributed by atoms with Gasteiger partial charge in [-0.2, -0.15) is 0 Å². The Balaban J connectivity index is 1.73. The van der Waals surface area contributed by atoms with Gasteiger partial charge < -0.3 is 9.64 Å². The Morgan fingerprint density at radius 3 is 2.65 bits per heavy atom. The number of rotatable bonds is 2. The number of hydrogen-bond donors (Lipinski definition) is 2. The molecule has 1 aliphatic heterocycles. The summed E-state index contributed by atoms with van der Waals surface area (Å²) in [6.45, 7) is 3.01. The largest absolute Gasteiger partial charge is 0.378 e. The maximum atomic E-state index is 11.7. The molecule has 0 unspecified atom stereocenters. The van der Waals surface area contributed by atoms with Crippen LogP contribution in [0.25, 0.3) is 16.9 Å². The van der Waals surface area contributed by atoms with Crippen molar-refractivity contribution in [3.05, 3.63) is 45.5 Å². The summed E-state index contributed by atoms with van der Waals surface area (Å²) in [6.07, 6.45) is 3.17. The predicted octanol–water partition coefficient (Wildman–Crippen LogP) is -0.366. The van der Waals surface area contributed by atoms with E-state index < -0.39 is 11.2 Å². The number of pyridine rings is 1. The SMILES string of the molecule is O=c1[nH]c(=O)c2ncn(-c3ccc(N4CCOCC4)nc3)c2[nH]1. The summed E-state index contributed by atoms with van der Waals surface area (Å²) in [5.74, 6) is 0.868. The highest BCUT2D eigenvalue weighted by Crippen LogP contribution is 2.17. The van der Waals surface area contributed by atoms with E-state index in [-0.39, 0.29) is 5.52 Å². The molecule has 118 valence electrons. The number of nitrogens with zero attached hydrogens (tertiary/aromatic N) is 4. The number of fused-ring (bicyclic) bond motifs is 1. The molecule has 0 amide bonds. The summed E-state index contributed by atoms with van der Waals surface area (Å²) in [5, 5.41) is 0. The Hall–Kier alpha value is -2.94. The number of morpholine rings is 1. The van der Waals surface area contributed by atoms with Gasteiger partial charge in [0.05, 0.1) is 25.1 Å². The molecular formula is C14H14N6O3. The molecule has 0 radical (unpaired) electrons. The zero-order valence-electron chi connectivity index (χ0n) is 12.2. The van der Waals surface area contributed by atoms with E-state index in [0.717, 1.165) is 18.9 Å². The Labute approximate surface area is 129 Å². The second kappa shape index (κ2) is 5.36. The van der Waals surface area contributed by atoms with Crippen LogP contribution >= 0.6 is 0 Å². The highest BCUT2D eigenvalue weighted by atomic mass is 16.5. The average molecular weight is 314 g/mol. The minimum Gasteiger partial charge on any atom is -0.378 e. The third-order valence-corrected chi connectivity index (χ3v) is 3.79. The Kier molecular flexibility index (Phi) is 3.19. The van der Waals surface area contributed by atoms with E-state index in [1.807, 2.05) is 12.1 Å². The van der Waals surface area contributed by atoms with Gasteiger partial charge in [0, 0.05) is 13.1 Å². The van der Waals surface area contributed by atoms with Crippen molar-refractivity contribution in [2.75, 3.05) is 31.2 Å². The first-order valence-corrected chi connectivity index (χ1v) is 7.21. The number of nitrogens with one attached hydrogen (secondary N) is 2. The molecule has 0 aliphatic carbocycles. The van der Waals surface area contributed by atoms with Gasteiger partial charge in [-0.15, -0.1) is 0 Å². The van der Waals surface area contributed by atoms with Crippen molar-refractivity contribution in [2.24, 2.45) is 0 Å². The predicted molar refractivity (Wildman–Crippen MR) is 83.1 cm³/mol. The Bertz CT molecular complexity index is 949. The maximum Gasteiger partial charge on any atom is 0.327 e. The van der Waals surface area contributed by atoms with Gasteiger partial charge in [0.1, 0.15) is 12.1 Å². The van der Waals surface area contributed by atoms with E-state index in [1.54, 1.807) is 10.8 Å². The van der Waals surface area contributed by atoms with Crippen LogP contribution in [0.4, 0.5) is 5.82 Å². The minimum absolute atomic E-state index is 0.182. The van der Waals surface area contributed by atoms with Gasteiger partial charge in [0.2, 0.25) is 0 Å². The number of H-pyrrole nitrogens is 2. The first-order chi connectivity index (χ1) is 11.2. The molecule has 0 bridgehead atoms. The van der Waals surface area contributed by atoms with Crippen molar-refractivity contribution in [1.29, 1.82) is 0 Å². The van der Waals surface area contributed by atoms with Crippen LogP contribution in [0.2, 0.25) is 0 Å². The highest BCUT2D eigenvalue weighted by molar-refractivity contribution is 5.71. The summed E-state index contributed by atoms with van der Waals surface area (Å²) < 4.78 is 6.95. The second-order valence-corrected chi connectivity index (χ2v) is 5.19. The van der Waals surface area contributed by atoms with Crippen molar-refractivity contribution >= 4 is 17.0 Å². The van der Waals surface area contributed by atoms with Crippen LogP contribution in [0.1, 0.15) is 0 Å². The molecule has 9 heteroatoms. The normalized spacial score (nSPS) is 15.2. The van der Waals surface area contributed by atoms with E-state index in [2.05, 4.69) is 24.8 Å². The van der Waals surface area contributed by atoms with Gasteiger partial charge in [-0.1, -0.05) is 0 Å². The fraction of sp³-hybridized carbons (Fsp3) is 0.286. The Morgan fingerprint density at radius 1 is 1.09 bits per heavy atom. The fourth-order valence-electron chi connectivity index (χ4n) is 2.63. The van der Waals surface area contributed by atoms with E-state index in [1.165, 1.54) is 6.33 Å². The molecule has 4 rings (SSSR count). The average Bonchev–Trinajstić information content (AvgIpc) is 3.00. The molecular weight excluding hydrogens is 300 g/mol. The molecule has 4 heterocycles. The molecule has 0 spiro atoms. The molecule has 0 saturated carbocycles. The quantitative estimate of drug-likeness (QED) is 0.668. The first kappa shape index (κ1) is 13.7. The molecule has 2 N–H and O–H groups in total. The smallest absolute Gasteiger partial charge is 0.327 e. The Morgan fingerprint density at radius 2 is 1.91 bits per heavy atom. The molecule has 3 aromatic heterocycles. The van der Waals surface area contributed by atoms with E-state index >= 15 is 0 Å². The summed E-state index contributed by atoms with van der Waals surface area (Å²) in [5.41, 5.74) is 0.162. The summed E-state index contributed by atoms with van der Waals surface area (Å²) in [6, 6.07) is 3.77. The van der Waals surface area contributed by atoms with Crippen LogP contribution in [0.5, 0.6) is 0 Å². The van der Waals surface area contributed by atoms with E-state index in [0.29, 0.717) is 24.5 Å². The number of imidazole rings is 1. The van der Waals surface area contributed by atoms with Crippen LogP contribution in [0.15, 0.2) is 34.2 Å². The molecule has 1 saturated heterocycles. The number of ether oxygens (including phenoxy) is 1. The lowest BCUT2D eigenvalue weighted by Gasteiger charge is -2.27. The second-order valence-electron chi connectivity index (χ2n) is 5.19. The third kappa shape index (κ3) is 2.40. The van der Waals surface area contributed by atoms with Gasteiger partial charge in [-0.05, 0) is 12.1 Å². The minimum atomic E-state index is -0.567. The van der Waals surface area contributed by atoms with Gasteiger partial charge in [-0.3, -0.25) is 19.3 Å². The van der Waals surface area contributed by atoms with Crippen molar-refractivity contribution in [2.45, 2.75) is 0 Å². The van der Waals surface area contributed by atoms with Crippen molar-refractivity contribution < 1.29 is 4.74 Å². The number of anilines is 1. The molecule has 1 aliphatic rings. The molecule has 1 fully saturated rings. The third-order valence-electron chi connectivity index (χ3n) is 3.79. The summed E-state index contributed by atoms with van der Waals surface area (Å²) >= 11 is 0. The highest BCUT2D eigenvalue weighted by Gasteiger charge is 2.13. The van der Waals surface area contributed by atoms with Crippen LogP contribution in [0, 0.1) is 0 Å². The maximum absolute atomic E-state index is 11.7. The molecule has 23 heavy (non-hydrogen) atoms. The van der Waals surface area contributed by atoms with Gasteiger partial charge in [0.15, 0.2) is 11.2 Å². The number of hydrogen-bond acceptors (Lipinski definition) is 6. The first-order valence-electron chi connectivity index (χ1n) is 7.21. The molecule has 0 aromatic carbocycles. The number of aromatic amines is 2. The lowest BCUT2D eigenvalue weighted by Crippen LogP contribution is -2.36. The van der Waals surface area contributed by atoms with Gasteiger partial charge in [0.25, 0.3) is 5.56 Å². The van der Waals surface area contributed by atoms with Crippen molar-refractivity contribution in [3.63, 3.8) is 0 Å². The monoisotopic (exact) mass is 314 g/mol. The lowest BCUT2D eigenvalue weighted by atomic mass is 10.3. The fourth-order valence-corrected chi connectivity index (χ4v) is 2.63. The summed E-state index contributed by atoms with van der Waals surface area (Å²) in [4.78, 5) is 38.6. The molecule has 3 aromatic rings. The van der Waals surface area contributed by atoms with Gasteiger partial charge in [-0.25, -0.2) is 14.8 Å². The van der Waals surface area contributed by atoms with E-state index in [4.69, 9.17) is 4.74 Å². The zero-order chi connectivity index (χ0) is 15.8. The topological polar surface area (TPSA) is 109 Å². The molecule has 0 atom stereocenters. The molecule has 9 nitrogen and oxygen atoms in total. The standard InChI is InChI=1S/C14H14N6O3/c21-13-11-12(17-14(22)18-13)20(8-16-11)9-1-2-10(15-7-9)19-3-5-23-6-4-19/h1-2,7-8H,3-6H2,(H2,17,18,21,22).